The molecule has 0 saturated heterocycles. The lowest BCUT2D eigenvalue weighted by molar-refractivity contribution is -0.176. The first-order valence-corrected chi connectivity index (χ1v) is 6.62. The standard InChI is InChI=1S/C15H6F7NO2/c16-7-5-23-4-3-8(7)25-9-2-1-6-10(11(9)13(17)18)12(24)15(21,22)14(6,19)20/h1-5,13H. The van der Waals surface area contributed by atoms with Gasteiger partial charge in [-0.05, 0) is 12.1 Å². The molecule has 2 aromatic rings. The topological polar surface area (TPSA) is 39.2 Å². The highest BCUT2D eigenvalue weighted by Gasteiger charge is 2.70. The highest BCUT2D eigenvalue weighted by molar-refractivity contribution is 6.08. The molecule has 1 aromatic heterocycles. The highest BCUT2D eigenvalue weighted by atomic mass is 19.3. The van der Waals surface area contributed by atoms with Gasteiger partial charge in [-0.1, -0.05) is 0 Å². The van der Waals surface area contributed by atoms with Crippen LogP contribution in [0.1, 0.15) is 27.9 Å². The Hall–Kier alpha value is -2.65. The molecule has 0 aliphatic heterocycles. The van der Waals surface area contributed by atoms with E-state index in [0.29, 0.717) is 18.3 Å². The molecule has 0 bridgehead atoms. The predicted molar refractivity (Wildman–Crippen MR) is 68.8 cm³/mol. The van der Waals surface area contributed by atoms with Crippen LogP contribution < -0.4 is 4.74 Å². The Kier molecular flexibility index (Phi) is 3.73. The molecule has 25 heavy (non-hydrogen) atoms. The molecule has 0 N–H and O–H groups in total. The smallest absolute Gasteiger partial charge is 0.376 e. The van der Waals surface area contributed by atoms with Gasteiger partial charge in [0.2, 0.25) is 5.78 Å². The van der Waals surface area contributed by atoms with Crippen LogP contribution >= 0.6 is 0 Å². The quantitative estimate of drug-likeness (QED) is 0.729. The Morgan fingerprint density at radius 1 is 1.00 bits per heavy atom. The van der Waals surface area contributed by atoms with Gasteiger partial charge in [0.25, 0.3) is 6.43 Å². The van der Waals surface area contributed by atoms with Crippen LogP contribution in [-0.4, -0.2) is 16.7 Å². The summed E-state index contributed by atoms with van der Waals surface area (Å²) in [6.07, 6.45) is -1.84. The van der Waals surface area contributed by atoms with Crippen LogP contribution in [0.2, 0.25) is 0 Å². The Labute approximate surface area is 135 Å². The van der Waals surface area contributed by atoms with Crippen molar-refractivity contribution in [2.24, 2.45) is 0 Å². The van der Waals surface area contributed by atoms with Gasteiger partial charge in [0.15, 0.2) is 11.6 Å². The highest BCUT2D eigenvalue weighted by Crippen LogP contribution is 2.55. The molecule has 0 unspecified atom stereocenters. The fourth-order valence-electron chi connectivity index (χ4n) is 2.44. The molecule has 10 heteroatoms. The number of hydrogen-bond donors (Lipinski definition) is 0. The van der Waals surface area contributed by atoms with E-state index in [1.165, 1.54) is 0 Å². The molecule has 1 aliphatic carbocycles. The molecular weight excluding hydrogens is 359 g/mol. The number of halogens is 7. The van der Waals surface area contributed by atoms with E-state index < -0.39 is 58.1 Å². The van der Waals surface area contributed by atoms with E-state index in [4.69, 9.17) is 4.74 Å². The fraction of sp³-hybridized carbons (Fsp3) is 0.200. The number of nitrogens with zero attached hydrogens (tertiary/aromatic N) is 1. The van der Waals surface area contributed by atoms with Gasteiger partial charge in [-0.15, -0.1) is 0 Å². The van der Waals surface area contributed by atoms with Crippen molar-refractivity contribution in [1.82, 2.24) is 4.98 Å². The number of Topliss-reactive ketones (excluding diaryl/α,β-unsaturated/α-hetero) is 1. The second-order valence-corrected chi connectivity index (χ2v) is 5.09. The number of benzene rings is 1. The SMILES string of the molecule is O=C1c2c(ccc(Oc3ccncc3F)c2C(F)F)C(F)(F)C1(F)F. The number of ether oxygens (including phenoxy) is 1. The maximum Gasteiger partial charge on any atom is 0.376 e. The summed E-state index contributed by atoms with van der Waals surface area (Å²) in [4.78, 5) is 15.0. The summed E-state index contributed by atoms with van der Waals surface area (Å²) in [6.45, 7) is 0. The van der Waals surface area contributed by atoms with Crippen LogP contribution in [0.5, 0.6) is 11.5 Å². The number of pyridine rings is 1. The average molecular weight is 365 g/mol. The van der Waals surface area contributed by atoms with E-state index in [-0.39, 0.29) is 0 Å². The lowest BCUT2D eigenvalue weighted by Crippen LogP contribution is -2.38. The van der Waals surface area contributed by atoms with Crippen molar-refractivity contribution in [3.63, 3.8) is 0 Å². The Bertz CT molecular complexity index is 867. The van der Waals surface area contributed by atoms with E-state index in [2.05, 4.69) is 4.98 Å². The zero-order valence-electron chi connectivity index (χ0n) is 11.9. The minimum atomic E-state index is -5.17. The molecular formula is C15H6F7NO2. The second-order valence-electron chi connectivity index (χ2n) is 5.09. The Morgan fingerprint density at radius 2 is 1.68 bits per heavy atom. The van der Waals surface area contributed by atoms with Crippen LogP contribution in [0, 0.1) is 5.82 Å². The largest absolute Gasteiger partial charge is 0.454 e. The Morgan fingerprint density at radius 3 is 2.28 bits per heavy atom. The molecule has 0 radical (unpaired) electrons. The number of hydrogen-bond acceptors (Lipinski definition) is 3. The van der Waals surface area contributed by atoms with E-state index in [0.717, 1.165) is 12.3 Å². The molecule has 3 rings (SSSR count). The maximum atomic E-state index is 13.7. The van der Waals surface area contributed by atoms with Crippen molar-refractivity contribution in [2.45, 2.75) is 18.3 Å². The summed E-state index contributed by atoms with van der Waals surface area (Å²) in [7, 11) is 0. The molecule has 0 spiro atoms. The lowest BCUT2D eigenvalue weighted by atomic mass is 10.0. The summed E-state index contributed by atoms with van der Waals surface area (Å²) >= 11 is 0. The van der Waals surface area contributed by atoms with E-state index in [1.807, 2.05) is 0 Å². The zero-order valence-corrected chi connectivity index (χ0v) is 11.9. The molecule has 1 heterocycles. The summed E-state index contributed by atoms with van der Waals surface area (Å²) in [5, 5.41) is 0. The summed E-state index contributed by atoms with van der Waals surface area (Å²) < 4.78 is 99.5. The Balaban J connectivity index is 2.21. The van der Waals surface area contributed by atoms with Crippen LogP contribution in [0.15, 0.2) is 30.6 Å². The first-order valence-electron chi connectivity index (χ1n) is 6.62. The van der Waals surface area contributed by atoms with Crippen molar-refractivity contribution in [2.75, 3.05) is 0 Å². The molecule has 3 nitrogen and oxygen atoms in total. The minimum absolute atomic E-state index is 0.383. The van der Waals surface area contributed by atoms with Crippen molar-refractivity contribution in [3.05, 3.63) is 53.1 Å². The fourth-order valence-corrected chi connectivity index (χ4v) is 2.44. The molecule has 0 amide bonds. The third-order valence-corrected chi connectivity index (χ3v) is 3.62. The molecule has 132 valence electrons. The number of alkyl halides is 6. The number of fused-ring (bicyclic) bond motifs is 1. The number of ketones is 1. The van der Waals surface area contributed by atoms with Crippen molar-refractivity contribution >= 4 is 5.78 Å². The minimum Gasteiger partial charge on any atom is -0.454 e. The summed E-state index contributed by atoms with van der Waals surface area (Å²) in [5.41, 5.74) is -4.49. The average Bonchev–Trinajstić information content (AvgIpc) is 2.67. The maximum absolute atomic E-state index is 13.7. The monoisotopic (exact) mass is 365 g/mol. The molecule has 0 atom stereocenters. The van der Waals surface area contributed by atoms with Gasteiger partial charge in [0, 0.05) is 23.4 Å². The third kappa shape index (κ3) is 2.35. The molecule has 1 aliphatic rings. The van der Waals surface area contributed by atoms with Crippen LogP contribution in [-0.2, 0) is 5.92 Å². The molecule has 0 fully saturated rings. The number of aromatic nitrogens is 1. The molecule has 1 aromatic carbocycles. The van der Waals surface area contributed by atoms with Crippen molar-refractivity contribution < 1.29 is 40.3 Å². The first-order chi connectivity index (χ1) is 11.6. The normalized spacial score (nSPS) is 17.7. The van der Waals surface area contributed by atoms with Crippen molar-refractivity contribution in [1.29, 1.82) is 0 Å². The number of carbonyl (C=O) groups excluding carboxylic acids is 1. The number of carbonyl (C=O) groups is 1. The van der Waals surface area contributed by atoms with Gasteiger partial charge >= 0.3 is 11.8 Å². The molecule has 0 saturated carbocycles. The van der Waals surface area contributed by atoms with Gasteiger partial charge in [0.1, 0.15) is 5.75 Å². The van der Waals surface area contributed by atoms with Crippen LogP contribution in [0.3, 0.4) is 0 Å². The van der Waals surface area contributed by atoms with E-state index in [1.54, 1.807) is 0 Å². The third-order valence-electron chi connectivity index (χ3n) is 3.62. The number of rotatable bonds is 3. The summed E-state index contributed by atoms with van der Waals surface area (Å²) in [6, 6.07) is 1.89. The second kappa shape index (κ2) is 5.43. The summed E-state index contributed by atoms with van der Waals surface area (Å²) in [5.74, 6) is -15.1. The predicted octanol–water partition coefficient (Wildman–Crippen LogP) is 4.87. The van der Waals surface area contributed by atoms with Crippen LogP contribution in [0.4, 0.5) is 30.7 Å². The van der Waals surface area contributed by atoms with Gasteiger partial charge in [-0.2, -0.15) is 17.6 Å². The van der Waals surface area contributed by atoms with Crippen LogP contribution in [0.25, 0.3) is 0 Å². The van der Waals surface area contributed by atoms with Gasteiger partial charge in [-0.3, -0.25) is 9.78 Å². The lowest BCUT2D eigenvalue weighted by Gasteiger charge is -2.17. The van der Waals surface area contributed by atoms with Gasteiger partial charge in [-0.25, -0.2) is 13.2 Å². The zero-order chi connectivity index (χ0) is 18.6. The first kappa shape index (κ1) is 17.2. The van der Waals surface area contributed by atoms with E-state index in [9.17, 15) is 35.5 Å². The van der Waals surface area contributed by atoms with Crippen molar-refractivity contribution in [3.8, 4) is 11.5 Å². The van der Waals surface area contributed by atoms with Gasteiger partial charge < -0.3 is 4.74 Å². The van der Waals surface area contributed by atoms with E-state index >= 15 is 0 Å². The van der Waals surface area contributed by atoms with Gasteiger partial charge in [0.05, 0.1) is 11.8 Å².